The summed E-state index contributed by atoms with van der Waals surface area (Å²) in [5, 5.41) is 5.92. The number of hydrogen-bond acceptors (Lipinski definition) is 3. The van der Waals surface area contributed by atoms with Crippen LogP contribution < -0.4 is 10.2 Å². The molecule has 24 heavy (non-hydrogen) atoms. The summed E-state index contributed by atoms with van der Waals surface area (Å²) >= 11 is 0. The first-order valence-electron chi connectivity index (χ1n) is 8.05. The summed E-state index contributed by atoms with van der Waals surface area (Å²) in [5.41, 5.74) is 5.35. The van der Waals surface area contributed by atoms with E-state index in [2.05, 4.69) is 85.0 Å². The van der Waals surface area contributed by atoms with Crippen molar-refractivity contribution in [1.82, 2.24) is 4.98 Å². The normalized spacial score (nSPS) is 10.9. The number of pyridine rings is 1. The zero-order valence-corrected chi connectivity index (χ0v) is 13.8. The minimum Gasteiger partial charge on any atom is -0.376 e. The zero-order valence-electron chi connectivity index (χ0n) is 13.8. The van der Waals surface area contributed by atoms with Crippen molar-refractivity contribution in [3.05, 3.63) is 72.8 Å². The summed E-state index contributed by atoms with van der Waals surface area (Å²) in [6.45, 7) is 0. The average molecular weight is 313 g/mol. The van der Waals surface area contributed by atoms with Gasteiger partial charge < -0.3 is 10.2 Å². The van der Waals surface area contributed by atoms with E-state index in [0.717, 1.165) is 38.9 Å². The quantitative estimate of drug-likeness (QED) is 0.527. The molecule has 0 aliphatic carbocycles. The van der Waals surface area contributed by atoms with Crippen LogP contribution in [0.2, 0.25) is 0 Å². The Labute approximate surface area is 141 Å². The lowest BCUT2D eigenvalue weighted by Crippen LogP contribution is -2.10. The van der Waals surface area contributed by atoms with Gasteiger partial charge in [0.2, 0.25) is 0 Å². The highest BCUT2D eigenvalue weighted by molar-refractivity contribution is 6.09. The number of nitrogens with one attached hydrogen (secondary N) is 1. The Hall–Kier alpha value is -3.07. The molecule has 0 saturated heterocycles. The van der Waals surface area contributed by atoms with Crippen LogP contribution in [0.3, 0.4) is 0 Å². The van der Waals surface area contributed by atoms with Crippen LogP contribution in [0.1, 0.15) is 0 Å². The van der Waals surface area contributed by atoms with E-state index in [-0.39, 0.29) is 0 Å². The Balaban J connectivity index is 1.98. The topological polar surface area (TPSA) is 28.2 Å². The van der Waals surface area contributed by atoms with Crippen LogP contribution in [-0.4, -0.2) is 19.1 Å². The van der Waals surface area contributed by atoms with E-state index in [0.29, 0.717) is 0 Å². The Morgan fingerprint density at radius 1 is 0.708 bits per heavy atom. The maximum absolute atomic E-state index is 4.79. The van der Waals surface area contributed by atoms with Crippen molar-refractivity contribution in [2.24, 2.45) is 0 Å². The molecule has 0 amide bonds. The molecule has 118 valence electrons. The van der Waals surface area contributed by atoms with Crippen molar-refractivity contribution >= 4 is 38.9 Å². The predicted molar refractivity (Wildman–Crippen MR) is 103 cm³/mol. The van der Waals surface area contributed by atoms with Crippen LogP contribution in [0, 0.1) is 0 Å². The SMILES string of the molecule is CN(C)c1ccccc1Nc1c2ccccc2nc2ccccc12. The van der Waals surface area contributed by atoms with Gasteiger partial charge in [-0.3, -0.25) is 0 Å². The van der Waals surface area contributed by atoms with E-state index >= 15 is 0 Å². The van der Waals surface area contributed by atoms with E-state index in [4.69, 9.17) is 4.98 Å². The second-order valence-corrected chi connectivity index (χ2v) is 6.06. The van der Waals surface area contributed by atoms with E-state index in [1.54, 1.807) is 0 Å². The lowest BCUT2D eigenvalue weighted by Gasteiger charge is -2.20. The molecule has 3 heteroatoms. The van der Waals surface area contributed by atoms with E-state index < -0.39 is 0 Å². The van der Waals surface area contributed by atoms with Crippen LogP contribution in [0.5, 0.6) is 0 Å². The molecule has 1 aromatic heterocycles. The highest BCUT2D eigenvalue weighted by Crippen LogP contribution is 2.35. The lowest BCUT2D eigenvalue weighted by atomic mass is 10.1. The fourth-order valence-electron chi connectivity index (χ4n) is 3.08. The molecule has 4 aromatic rings. The first-order chi connectivity index (χ1) is 11.7. The smallest absolute Gasteiger partial charge is 0.0730 e. The number of aromatic nitrogens is 1. The molecule has 0 unspecified atom stereocenters. The molecule has 0 atom stereocenters. The van der Waals surface area contributed by atoms with Gasteiger partial charge in [-0.1, -0.05) is 48.5 Å². The van der Waals surface area contributed by atoms with Gasteiger partial charge in [-0.2, -0.15) is 0 Å². The average Bonchev–Trinajstić information content (AvgIpc) is 2.62. The fraction of sp³-hybridized carbons (Fsp3) is 0.0952. The molecule has 0 radical (unpaired) electrons. The molecule has 1 N–H and O–H groups in total. The molecule has 3 aromatic carbocycles. The van der Waals surface area contributed by atoms with Crippen molar-refractivity contribution in [2.75, 3.05) is 24.3 Å². The van der Waals surface area contributed by atoms with Crippen LogP contribution >= 0.6 is 0 Å². The van der Waals surface area contributed by atoms with E-state index in [1.807, 2.05) is 12.1 Å². The Bertz CT molecular complexity index is 968. The largest absolute Gasteiger partial charge is 0.376 e. The molecule has 0 spiro atoms. The van der Waals surface area contributed by atoms with Gasteiger partial charge in [-0.15, -0.1) is 0 Å². The second-order valence-electron chi connectivity index (χ2n) is 6.06. The molecule has 0 aliphatic rings. The highest BCUT2D eigenvalue weighted by Gasteiger charge is 2.11. The molecule has 0 aliphatic heterocycles. The maximum Gasteiger partial charge on any atom is 0.0730 e. The van der Waals surface area contributed by atoms with Crippen LogP contribution in [0.4, 0.5) is 17.1 Å². The van der Waals surface area contributed by atoms with Gasteiger partial charge in [-0.25, -0.2) is 4.98 Å². The maximum atomic E-state index is 4.79. The Kier molecular flexibility index (Phi) is 3.54. The van der Waals surface area contributed by atoms with Crippen molar-refractivity contribution < 1.29 is 0 Å². The number of rotatable bonds is 3. The number of benzene rings is 3. The van der Waals surface area contributed by atoms with Crippen molar-refractivity contribution in [2.45, 2.75) is 0 Å². The highest BCUT2D eigenvalue weighted by atomic mass is 15.1. The third-order valence-corrected chi connectivity index (χ3v) is 4.23. The second kappa shape index (κ2) is 5.85. The molecular formula is C21H19N3. The van der Waals surface area contributed by atoms with Crippen LogP contribution in [-0.2, 0) is 0 Å². The summed E-state index contributed by atoms with van der Waals surface area (Å²) in [6.07, 6.45) is 0. The minimum atomic E-state index is 1.00. The molecule has 4 rings (SSSR count). The van der Waals surface area contributed by atoms with Crippen LogP contribution in [0.25, 0.3) is 21.8 Å². The van der Waals surface area contributed by atoms with Crippen LogP contribution in [0.15, 0.2) is 72.8 Å². The Morgan fingerprint density at radius 3 is 1.88 bits per heavy atom. The zero-order chi connectivity index (χ0) is 16.5. The first kappa shape index (κ1) is 14.5. The molecule has 0 saturated carbocycles. The third kappa shape index (κ3) is 2.44. The van der Waals surface area contributed by atoms with Gasteiger partial charge in [0.25, 0.3) is 0 Å². The third-order valence-electron chi connectivity index (χ3n) is 4.23. The van der Waals surface area contributed by atoms with Crippen molar-refractivity contribution in [3.8, 4) is 0 Å². The predicted octanol–water partition coefficient (Wildman–Crippen LogP) is 5.20. The van der Waals surface area contributed by atoms with Gasteiger partial charge in [0.1, 0.15) is 0 Å². The summed E-state index contributed by atoms with van der Waals surface area (Å²) in [7, 11) is 4.12. The van der Waals surface area contributed by atoms with Gasteiger partial charge in [0.05, 0.1) is 28.1 Å². The van der Waals surface area contributed by atoms with Crippen molar-refractivity contribution in [1.29, 1.82) is 0 Å². The molecule has 0 bridgehead atoms. The van der Waals surface area contributed by atoms with E-state index in [1.165, 1.54) is 0 Å². The first-order valence-corrected chi connectivity index (χ1v) is 8.05. The summed E-state index contributed by atoms with van der Waals surface area (Å²) in [6, 6.07) is 24.9. The summed E-state index contributed by atoms with van der Waals surface area (Å²) < 4.78 is 0. The van der Waals surface area contributed by atoms with Crippen molar-refractivity contribution in [3.63, 3.8) is 0 Å². The molecule has 0 fully saturated rings. The summed E-state index contributed by atoms with van der Waals surface area (Å²) in [4.78, 5) is 6.91. The number of fused-ring (bicyclic) bond motifs is 2. The Morgan fingerprint density at radius 2 is 1.25 bits per heavy atom. The molecular weight excluding hydrogens is 294 g/mol. The standard InChI is InChI=1S/C21H19N3/c1-24(2)20-14-8-7-13-19(20)23-21-15-9-3-5-11-17(15)22-18-12-6-4-10-16(18)21/h3-14H,1-2H3,(H,22,23). The van der Waals surface area contributed by atoms with E-state index in [9.17, 15) is 0 Å². The number of hydrogen-bond donors (Lipinski definition) is 1. The van der Waals surface area contributed by atoms with Gasteiger partial charge in [0.15, 0.2) is 0 Å². The minimum absolute atomic E-state index is 1.00. The number of anilines is 3. The lowest BCUT2D eigenvalue weighted by molar-refractivity contribution is 1.13. The molecule has 1 heterocycles. The van der Waals surface area contributed by atoms with Gasteiger partial charge >= 0.3 is 0 Å². The summed E-state index contributed by atoms with van der Waals surface area (Å²) in [5.74, 6) is 0. The fourth-order valence-corrected chi connectivity index (χ4v) is 3.08. The monoisotopic (exact) mass is 313 g/mol. The number of para-hydroxylation sites is 4. The molecule has 3 nitrogen and oxygen atoms in total. The van der Waals surface area contributed by atoms with Gasteiger partial charge in [-0.05, 0) is 24.3 Å². The van der Waals surface area contributed by atoms with Gasteiger partial charge in [0, 0.05) is 24.9 Å². The number of nitrogens with zero attached hydrogens (tertiary/aromatic N) is 2.